The molecule has 9 atom stereocenters. The van der Waals surface area contributed by atoms with Crippen LogP contribution in [0.2, 0.25) is 54.4 Å². The van der Waals surface area contributed by atoms with E-state index in [1.807, 2.05) is 0 Å². The van der Waals surface area contributed by atoms with Gasteiger partial charge < -0.3 is 22.8 Å². The number of hydrogen-bond donors (Lipinski definition) is 0. The summed E-state index contributed by atoms with van der Waals surface area (Å²) in [6.45, 7) is 44.5. The lowest BCUT2D eigenvalue weighted by atomic mass is 9.49. The molecule has 4 rings (SSSR count). The molecule has 0 aromatic heterocycles. The van der Waals surface area contributed by atoms with Crippen molar-refractivity contribution in [1.29, 1.82) is 0 Å². The van der Waals surface area contributed by atoms with E-state index in [1.54, 1.807) is 5.57 Å². The maximum atomic E-state index is 11.9. The Labute approximate surface area is 348 Å². The summed E-state index contributed by atoms with van der Waals surface area (Å²) in [6, 6.07) is 0. The summed E-state index contributed by atoms with van der Waals surface area (Å²) in [6.07, 6.45) is 14.0. The van der Waals surface area contributed by atoms with Crippen LogP contribution in [0.25, 0.3) is 0 Å². The molecule has 0 heterocycles. The fourth-order valence-electron chi connectivity index (χ4n) is 10.2. The molecule has 0 radical (unpaired) electrons. The number of esters is 1. The highest BCUT2D eigenvalue weighted by Gasteiger charge is 2.63. The highest BCUT2D eigenvalue weighted by Crippen LogP contribution is 2.67. The molecule has 4 aliphatic carbocycles. The van der Waals surface area contributed by atoms with E-state index in [9.17, 15) is 4.79 Å². The highest BCUT2D eigenvalue weighted by atomic mass is 28.4. The van der Waals surface area contributed by atoms with E-state index in [4.69, 9.17) is 22.8 Å². The molecule has 3 saturated carbocycles. The quantitative estimate of drug-likeness (QED) is 0.0930. The fourth-order valence-corrected chi connectivity index (χ4v) is 14.0. The topological polar surface area (TPSA) is 63.2 Å². The molecule has 4 aliphatic rings. The van der Waals surface area contributed by atoms with Gasteiger partial charge in [-0.25, -0.2) is 0 Å². The molecule has 0 saturated heterocycles. The smallest absolute Gasteiger partial charge is 0.305 e. The van der Waals surface area contributed by atoms with E-state index in [-0.39, 0.29) is 50.2 Å². The summed E-state index contributed by atoms with van der Waals surface area (Å²) in [5, 5.41) is 0.328. The molecule has 0 amide bonds. The second-order valence-corrected chi connectivity index (χ2v) is 38.0. The van der Waals surface area contributed by atoms with Gasteiger partial charge in [0.2, 0.25) is 0 Å². The van der Waals surface area contributed by atoms with Crippen molar-refractivity contribution < 1.29 is 27.5 Å². The molecular weight excluding hydrogens is 745 g/mol. The molecule has 0 aliphatic heterocycles. The minimum absolute atomic E-state index is 0.0585. The van der Waals surface area contributed by atoms with Crippen molar-refractivity contribution in [2.24, 2.45) is 34.5 Å². The lowest BCUT2D eigenvalue weighted by Crippen LogP contribution is -2.65. The van der Waals surface area contributed by atoms with E-state index in [1.165, 1.54) is 38.4 Å². The van der Waals surface area contributed by atoms with Crippen molar-refractivity contribution in [1.82, 2.24) is 0 Å². The number of carbonyl (C=O) groups excluding carboxylic acids is 1. The van der Waals surface area contributed by atoms with Gasteiger partial charge in [0.25, 0.3) is 0 Å². The molecule has 0 spiro atoms. The monoisotopic (exact) mass is 833 g/mol. The number of carbonyl (C=O) groups is 1. The van der Waals surface area contributed by atoms with Crippen LogP contribution in [0.5, 0.6) is 0 Å². The maximum absolute atomic E-state index is 11.9. The second-order valence-electron chi connectivity index (χ2n) is 23.6. The lowest BCUT2D eigenvalue weighted by molar-refractivity contribution is -0.153. The molecule has 3 fully saturated rings. The van der Waals surface area contributed by atoms with Gasteiger partial charge in [-0.05, 0) is 135 Å². The van der Waals surface area contributed by atoms with Gasteiger partial charge in [0.15, 0.2) is 25.0 Å². The standard InChI is InChI=1S/C47H88O6Si3/c1-33(22-20-23-40(48)49-13)36-26-27-37-35-25-24-34-32-39(52-55(16,17)44(5,6)7)41(50-30-21-31-51-54(14,15)43(2,3)4)42(53-56(18,19)45(8,9)10)47(34,12)38(35)28-29-46(36,37)11/h24-25,33,36-39,41-42H,20-23,26-32H2,1-19H3/t33?,36-,37+,38+,39?,41?,42?,46-,47+/m1/s1. The van der Waals surface area contributed by atoms with E-state index in [0.717, 1.165) is 32.3 Å². The van der Waals surface area contributed by atoms with Crippen LogP contribution in [0.1, 0.15) is 141 Å². The Bertz CT molecular complexity index is 1430. The third-order valence-electron chi connectivity index (χ3n) is 17.1. The van der Waals surface area contributed by atoms with Crippen LogP contribution in [0, 0.1) is 34.5 Å². The summed E-state index contributed by atoms with van der Waals surface area (Å²) in [4.78, 5) is 11.9. The van der Waals surface area contributed by atoms with Gasteiger partial charge in [0, 0.05) is 25.0 Å². The van der Waals surface area contributed by atoms with Gasteiger partial charge in [0.1, 0.15) is 6.10 Å². The Morgan fingerprint density at radius 3 is 1.95 bits per heavy atom. The van der Waals surface area contributed by atoms with Crippen LogP contribution in [-0.4, -0.2) is 69.6 Å². The molecule has 0 aromatic carbocycles. The Hall–Kier alpha value is -0.559. The molecule has 0 aromatic rings. The summed E-state index contributed by atoms with van der Waals surface area (Å²) >= 11 is 0. The number of ether oxygens (including phenoxy) is 2. The van der Waals surface area contributed by atoms with E-state index in [0.29, 0.717) is 36.7 Å². The van der Waals surface area contributed by atoms with E-state index >= 15 is 0 Å². The minimum atomic E-state index is -2.25. The average Bonchev–Trinajstić information content (AvgIpc) is 3.41. The summed E-state index contributed by atoms with van der Waals surface area (Å²) < 4.78 is 34.2. The second kappa shape index (κ2) is 17.1. The van der Waals surface area contributed by atoms with Crippen molar-refractivity contribution in [3.63, 3.8) is 0 Å². The normalized spacial score (nSPS) is 32.2. The van der Waals surface area contributed by atoms with Crippen molar-refractivity contribution >= 4 is 30.9 Å². The molecule has 4 unspecified atom stereocenters. The first-order chi connectivity index (χ1) is 25.4. The van der Waals surface area contributed by atoms with Gasteiger partial charge in [-0.1, -0.05) is 106 Å². The number of hydrogen-bond acceptors (Lipinski definition) is 6. The third-order valence-corrected chi connectivity index (χ3v) is 30.6. The van der Waals surface area contributed by atoms with Crippen LogP contribution in [-0.2, 0) is 27.5 Å². The average molecular weight is 833 g/mol. The van der Waals surface area contributed by atoms with Gasteiger partial charge in [-0.3, -0.25) is 4.79 Å². The van der Waals surface area contributed by atoms with Crippen molar-refractivity contribution in [2.75, 3.05) is 20.3 Å². The van der Waals surface area contributed by atoms with Crippen LogP contribution in [0.15, 0.2) is 23.3 Å². The molecule has 324 valence electrons. The SMILES string of the molecule is COC(=O)CCCC(C)[C@H]1CC[C@H]2C3=CC=C4CC(O[Si](C)(C)C(C)(C)C)C(OCCCO[Si](C)(C)C(C)(C)C)C(O[Si](C)(C)C(C)(C)C)[C@]4(C)[C@H]3CC[C@]12C. The van der Waals surface area contributed by atoms with Gasteiger partial charge in [-0.2, -0.15) is 0 Å². The van der Waals surface area contributed by atoms with Crippen molar-refractivity contribution in [3.05, 3.63) is 23.3 Å². The Morgan fingerprint density at radius 1 is 0.786 bits per heavy atom. The number of rotatable bonds is 15. The van der Waals surface area contributed by atoms with Crippen LogP contribution < -0.4 is 0 Å². The number of allylic oxidation sites excluding steroid dienone is 3. The summed E-state index contributed by atoms with van der Waals surface area (Å²) in [5.74, 6) is 2.17. The van der Waals surface area contributed by atoms with Gasteiger partial charge >= 0.3 is 5.97 Å². The molecular formula is C47H88O6Si3. The summed E-state index contributed by atoms with van der Waals surface area (Å²) in [5.41, 5.74) is 3.27. The lowest BCUT2D eigenvalue weighted by Gasteiger charge is -2.61. The molecule has 56 heavy (non-hydrogen) atoms. The van der Waals surface area contributed by atoms with Crippen LogP contribution >= 0.6 is 0 Å². The molecule has 0 bridgehead atoms. The van der Waals surface area contributed by atoms with Crippen LogP contribution in [0.4, 0.5) is 0 Å². The molecule has 6 nitrogen and oxygen atoms in total. The molecule has 0 N–H and O–H groups in total. The van der Waals surface area contributed by atoms with Gasteiger partial charge in [-0.15, -0.1) is 0 Å². The van der Waals surface area contributed by atoms with Crippen molar-refractivity contribution in [3.8, 4) is 0 Å². The predicted molar refractivity (Wildman–Crippen MR) is 243 cm³/mol. The Morgan fingerprint density at radius 2 is 1.38 bits per heavy atom. The van der Waals surface area contributed by atoms with E-state index in [2.05, 4.69) is 135 Å². The first kappa shape index (κ1) is 48.1. The Kier molecular flexibility index (Phi) is 14.7. The fraction of sp³-hybridized carbons (Fsp3) is 0.894. The summed E-state index contributed by atoms with van der Waals surface area (Å²) in [7, 11) is -4.75. The number of fused-ring (bicyclic) bond motifs is 5. The zero-order valence-electron chi connectivity index (χ0n) is 39.9. The predicted octanol–water partition coefficient (Wildman–Crippen LogP) is 13.3. The molecule has 9 heteroatoms. The third kappa shape index (κ3) is 9.64. The van der Waals surface area contributed by atoms with Crippen LogP contribution in [0.3, 0.4) is 0 Å². The largest absolute Gasteiger partial charge is 0.469 e. The Balaban J connectivity index is 1.73. The van der Waals surface area contributed by atoms with Gasteiger partial charge in [0.05, 0.1) is 19.3 Å². The highest BCUT2D eigenvalue weighted by molar-refractivity contribution is 6.75. The number of methoxy groups -OCH3 is 1. The van der Waals surface area contributed by atoms with Crippen molar-refractivity contribution in [2.45, 2.75) is 214 Å². The maximum Gasteiger partial charge on any atom is 0.305 e. The first-order valence-corrected chi connectivity index (χ1v) is 31.3. The minimum Gasteiger partial charge on any atom is -0.469 e. The first-order valence-electron chi connectivity index (χ1n) is 22.5. The zero-order chi connectivity index (χ0) is 42.5. The van der Waals surface area contributed by atoms with E-state index < -0.39 is 25.0 Å². The zero-order valence-corrected chi connectivity index (χ0v) is 42.9.